The number of halogens is 2. The number of benzene rings is 2. The largest absolute Gasteiger partial charge is 0.497 e. The first-order valence-electron chi connectivity index (χ1n) is 11.3. The Morgan fingerprint density at radius 1 is 1.12 bits per heavy atom. The van der Waals surface area contributed by atoms with Crippen molar-refractivity contribution in [1.82, 2.24) is 4.90 Å². The van der Waals surface area contributed by atoms with Crippen molar-refractivity contribution in [2.75, 3.05) is 20.2 Å². The molecule has 5 nitrogen and oxygen atoms in total. The van der Waals surface area contributed by atoms with Crippen molar-refractivity contribution in [3.8, 4) is 11.5 Å². The average molecular weight is 507 g/mol. The Bertz CT molecular complexity index is 1060. The van der Waals surface area contributed by atoms with Gasteiger partial charge in [-0.2, -0.15) is 8.78 Å². The molecule has 4 atom stereocenters. The molecule has 0 bridgehead atoms. The van der Waals surface area contributed by atoms with Gasteiger partial charge in [0.1, 0.15) is 11.5 Å². The fraction of sp³-hybridized carbons (Fsp3) is 0.440. The van der Waals surface area contributed by atoms with E-state index >= 15 is 0 Å². The number of ether oxygens (including phenoxy) is 2. The van der Waals surface area contributed by atoms with Crippen LogP contribution in [0.2, 0.25) is 0 Å². The minimum absolute atomic E-state index is 0.000414. The number of nitrogens with zero attached hydrogens (tertiary/aromatic N) is 1. The quantitative estimate of drug-likeness (QED) is 0.382. The molecule has 182 valence electrons. The zero-order valence-electron chi connectivity index (χ0n) is 19.2. The number of alkyl halides is 2. The summed E-state index contributed by atoms with van der Waals surface area (Å²) in [5.74, 6) is 0.427. The second-order valence-corrected chi connectivity index (χ2v) is 10.4. The topological polar surface area (TPSA) is 55.8 Å². The monoisotopic (exact) mass is 507 g/mol. The van der Waals surface area contributed by atoms with Crippen LogP contribution < -0.4 is 20.1 Å². The summed E-state index contributed by atoms with van der Waals surface area (Å²) in [6.07, 6.45) is -0.982. The van der Waals surface area contributed by atoms with Gasteiger partial charge in [-0.3, -0.25) is 9.59 Å². The molecule has 1 aliphatic heterocycles. The van der Waals surface area contributed by atoms with Crippen molar-refractivity contribution in [2.45, 2.75) is 38.2 Å². The summed E-state index contributed by atoms with van der Waals surface area (Å²) in [7, 11) is 7.07. The van der Waals surface area contributed by atoms with Crippen molar-refractivity contribution in [3.05, 3.63) is 47.5 Å². The first-order chi connectivity index (χ1) is 16.1. The van der Waals surface area contributed by atoms with E-state index in [9.17, 15) is 18.4 Å². The molecule has 1 saturated carbocycles. The maximum Gasteiger partial charge on any atom is 0.394 e. The molecule has 1 aliphatic carbocycles. The third-order valence-corrected chi connectivity index (χ3v) is 7.37. The summed E-state index contributed by atoms with van der Waals surface area (Å²) in [6.45, 7) is 1.96. The molecule has 0 N–H and O–H groups in total. The molecule has 2 aromatic carbocycles. The summed E-state index contributed by atoms with van der Waals surface area (Å²) in [4.78, 5) is 28.5. The Hall–Kier alpha value is -2.10. The zero-order valence-corrected chi connectivity index (χ0v) is 21.5. The van der Waals surface area contributed by atoms with E-state index in [1.807, 2.05) is 17.0 Å². The lowest BCUT2D eigenvalue weighted by atomic mass is 9.84. The van der Waals surface area contributed by atoms with E-state index in [4.69, 9.17) is 4.74 Å². The van der Waals surface area contributed by atoms with Crippen LogP contribution in [0.25, 0.3) is 0 Å². The molecule has 1 saturated heterocycles. The van der Waals surface area contributed by atoms with Gasteiger partial charge in [-0.25, -0.2) is 0 Å². The van der Waals surface area contributed by atoms with Crippen LogP contribution in [0.1, 0.15) is 48.0 Å². The van der Waals surface area contributed by atoms with Gasteiger partial charge in [-0.1, -0.05) is 0 Å². The Balaban J connectivity index is 1.58. The lowest BCUT2D eigenvalue weighted by molar-refractivity contribution is -0.158. The van der Waals surface area contributed by atoms with Crippen molar-refractivity contribution < 1.29 is 27.8 Å². The average Bonchev–Trinajstić information content (AvgIpc) is 3.53. The number of carbonyl (C=O) groups excluding carboxylic acids is 2. The fourth-order valence-corrected chi connectivity index (χ4v) is 5.87. The first-order valence-corrected chi connectivity index (χ1v) is 12.4. The molecular formula is C25H29F2NO4P2. The summed E-state index contributed by atoms with van der Waals surface area (Å²) < 4.78 is 36.1. The number of hydrogen-bond donors (Lipinski definition) is 0. The molecular weight excluding hydrogens is 478 g/mol. The molecule has 2 aromatic rings. The number of Topliss-reactive ketones (excluding diaryl/α,β-unsaturated/α-hetero) is 1. The highest BCUT2D eigenvalue weighted by Gasteiger charge is 2.44. The van der Waals surface area contributed by atoms with Crippen LogP contribution in [0.4, 0.5) is 8.78 Å². The van der Waals surface area contributed by atoms with Crippen molar-refractivity contribution in [3.63, 3.8) is 0 Å². The molecule has 1 heterocycles. The van der Waals surface area contributed by atoms with E-state index in [0.29, 0.717) is 24.9 Å². The van der Waals surface area contributed by atoms with Gasteiger partial charge >= 0.3 is 6.11 Å². The molecule has 0 radical (unpaired) electrons. The molecule has 1 amide bonds. The molecule has 2 unspecified atom stereocenters. The van der Waals surface area contributed by atoms with Crippen LogP contribution in [0, 0.1) is 11.8 Å². The van der Waals surface area contributed by atoms with Gasteiger partial charge in [-0.05, 0) is 71.3 Å². The SMILES string of the molecule is COc1cc(P)c([C@@H]2CN(CC3CC3)C(=O)[C@H]2CC(=O)c2ccc(OC(C)(F)F)cc2)c(P)c1. The normalized spacial score (nSPS) is 20.5. The van der Waals surface area contributed by atoms with Crippen LogP contribution in [0.3, 0.4) is 0 Å². The van der Waals surface area contributed by atoms with E-state index in [-0.39, 0.29) is 29.8 Å². The number of methoxy groups -OCH3 is 1. The van der Waals surface area contributed by atoms with Gasteiger partial charge in [-0.15, -0.1) is 18.5 Å². The summed E-state index contributed by atoms with van der Waals surface area (Å²) in [6, 6.07) is 9.47. The van der Waals surface area contributed by atoms with Crippen molar-refractivity contribution in [2.24, 2.45) is 11.8 Å². The van der Waals surface area contributed by atoms with Crippen LogP contribution >= 0.6 is 18.5 Å². The molecule has 0 spiro atoms. The Labute approximate surface area is 203 Å². The second kappa shape index (κ2) is 9.87. The maximum atomic E-state index is 13.4. The van der Waals surface area contributed by atoms with Crippen molar-refractivity contribution >= 4 is 40.8 Å². The highest BCUT2D eigenvalue weighted by atomic mass is 31.0. The molecule has 9 heteroatoms. The number of amides is 1. The van der Waals surface area contributed by atoms with E-state index in [0.717, 1.165) is 41.3 Å². The predicted octanol–water partition coefficient (Wildman–Crippen LogP) is 3.91. The van der Waals surface area contributed by atoms with Gasteiger partial charge in [0.15, 0.2) is 5.78 Å². The number of rotatable bonds is 9. The van der Waals surface area contributed by atoms with Crippen LogP contribution in [0.15, 0.2) is 36.4 Å². The third-order valence-electron chi connectivity index (χ3n) is 6.41. The second-order valence-electron chi connectivity index (χ2n) is 9.18. The van der Waals surface area contributed by atoms with Crippen molar-refractivity contribution in [1.29, 1.82) is 0 Å². The number of ketones is 1. The maximum absolute atomic E-state index is 13.4. The zero-order chi connectivity index (χ0) is 24.6. The van der Waals surface area contributed by atoms with Crippen LogP contribution in [0.5, 0.6) is 11.5 Å². The van der Waals surface area contributed by atoms with Gasteiger partial charge < -0.3 is 14.4 Å². The lowest BCUT2D eigenvalue weighted by Gasteiger charge is -2.22. The van der Waals surface area contributed by atoms with E-state index in [1.165, 1.54) is 24.3 Å². The molecule has 0 aromatic heterocycles. The number of carbonyl (C=O) groups is 2. The van der Waals surface area contributed by atoms with E-state index in [2.05, 4.69) is 23.2 Å². The number of hydrogen-bond acceptors (Lipinski definition) is 4. The minimum atomic E-state index is -3.30. The highest BCUT2D eigenvalue weighted by molar-refractivity contribution is 7.29. The molecule has 34 heavy (non-hydrogen) atoms. The fourth-order valence-electron chi connectivity index (χ4n) is 4.61. The van der Waals surface area contributed by atoms with Gasteiger partial charge in [0.05, 0.1) is 13.0 Å². The predicted molar refractivity (Wildman–Crippen MR) is 134 cm³/mol. The van der Waals surface area contributed by atoms with Gasteiger partial charge in [0, 0.05) is 37.9 Å². The Kier molecular flexibility index (Phi) is 7.26. The molecule has 4 rings (SSSR count). The highest BCUT2D eigenvalue weighted by Crippen LogP contribution is 2.40. The Morgan fingerprint density at radius 3 is 2.26 bits per heavy atom. The Morgan fingerprint density at radius 2 is 1.74 bits per heavy atom. The van der Waals surface area contributed by atoms with Gasteiger partial charge in [0.2, 0.25) is 5.91 Å². The third kappa shape index (κ3) is 5.75. The summed E-state index contributed by atoms with van der Waals surface area (Å²) >= 11 is 0. The lowest BCUT2D eigenvalue weighted by Crippen LogP contribution is -2.30. The smallest absolute Gasteiger partial charge is 0.394 e. The van der Waals surface area contributed by atoms with Crippen LogP contribution in [-0.4, -0.2) is 42.9 Å². The van der Waals surface area contributed by atoms with E-state index in [1.54, 1.807) is 7.11 Å². The molecule has 2 fully saturated rings. The first kappa shape index (κ1) is 25.0. The standard InChI is InChI=1S/C25H29F2NO4P2/c1-25(26,27)32-16-7-5-15(6-8-16)20(29)11-18-19(13-28(24(18)30)12-14-3-4-14)23-21(33)9-17(31-2)10-22(23)34/h5-10,14,18-19H,3-4,11-13,33-34H2,1-2H3/t18-,19+/m0/s1. The summed E-state index contributed by atoms with van der Waals surface area (Å²) in [5.41, 5.74) is 1.39. The van der Waals surface area contributed by atoms with Gasteiger partial charge in [0.25, 0.3) is 0 Å². The summed E-state index contributed by atoms with van der Waals surface area (Å²) in [5, 5.41) is 1.88. The van der Waals surface area contributed by atoms with Crippen LogP contribution in [-0.2, 0) is 4.79 Å². The number of likely N-dealkylation sites (tertiary alicyclic amines) is 1. The minimum Gasteiger partial charge on any atom is -0.497 e. The molecule has 2 aliphatic rings. The van der Waals surface area contributed by atoms with E-state index < -0.39 is 12.0 Å².